The second kappa shape index (κ2) is 5.24. The third kappa shape index (κ3) is 3.91. The smallest absolute Gasteiger partial charge is 0.410 e. The van der Waals surface area contributed by atoms with Crippen molar-refractivity contribution in [3.63, 3.8) is 0 Å². The zero-order chi connectivity index (χ0) is 10.4. The Labute approximate surface area is 82.5 Å². The Bertz CT molecular complexity index is 285. The molecule has 4 nitrogen and oxygen atoms in total. The lowest BCUT2D eigenvalue weighted by atomic mass is 10.3. The van der Waals surface area contributed by atoms with Crippen LogP contribution in [0.15, 0.2) is 30.3 Å². The molecule has 1 amide bonds. The van der Waals surface area contributed by atoms with Crippen molar-refractivity contribution in [2.75, 3.05) is 6.54 Å². The van der Waals surface area contributed by atoms with Crippen LogP contribution in [0.5, 0.6) is 5.75 Å². The fourth-order valence-electron chi connectivity index (χ4n) is 0.863. The van der Waals surface area contributed by atoms with Gasteiger partial charge in [0, 0.05) is 6.54 Å². The number of carbonyl (C=O) groups excluding carboxylic acids is 1. The number of aliphatic hydroxyl groups is 1. The minimum absolute atomic E-state index is 0.186. The van der Waals surface area contributed by atoms with Crippen LogP contribution in [-0.2, 0) is 0 Å². The molecule has 0 aliphatic rings. The van der Waals surface area contributed by atoms with E-state index in [1.165, 1.54) is 0 Å². The maximum Gasteiger partial charge on any atom is 0.412 e. The first-order chi connectivity index (χ1) is 6.68. The summed E-state index contributed by atoms with van der Waals surface area (Å²) in [6, 6.07) is 8.75. The van der Waals surface area contributed by atoms with Crippen molar-refractivity contribution in [1.82, 2.24) is 5.32 Å². The quantitative estimate of drug-likeness (QED) is 0.760. The van der Waals surface area contributed by atoms with E-state index < -0.39 is 12.2 Å². The number of ether oxygens (including phenoxy) is 1. The number of rotatable bonds is 3. The summed E-state index contributed by atoms with van der Waals surface area (Å²) in [7, 11) is 0. The Morgan fingerprint density at radius 1 is 1.50 bits per heavy atom. The first kappa shape index (κ1) is 10.5. The maximum atomic E-state index is 11.1. The lowest BCUT2D eigenvalue weighted by molar-refractivity contribution is 0.172. The molecule has 0 spiro atoms. The summed E-state index contributed by atoms with van der Waals surface area (Å²) in [6.45, 7) is 1.77. The molecule has 1 rings (SSSR count). The van der Waals surface area contributed by atoms with Crippen LogP contribution in [0.4, 0.5) is 4.79 Å². The molecule has 0 aromatic heterocycles. The maximum absolute atomic E-state index is 11.1. The first-order valence-electron chi connectivity index (χ1n) is 4.37. The van der Waals surface area contributed by atoms with Crippen molar-refractivity contribution in [2.24, 2.45) is 0 Å². The number of hydrogen-bond donors (Lipinski definition) is 2. The fraction of sp³-hybridized carbons (Fsp3) is 0.300. The van der Waals surface area contributed by atoms with Gasteiger partial charge in [-0.05, 0) is 19.1 Å². The SMILES string of the molecule is C[C@@H](O)CNC(=O)Oc1ccccc1. The van der Waals surface area contributed by atoms with E-state index in [-0.39, 0.29) is 6.54 Å². The predicted octanol–water partition coefficient (Wildman–Crippen LogP) is 1.16. The molecule has 76 valence electrons. The molecule has 0 unspecified atom stereocenters. The Hall–Kier alpha value is -1.55. The van der Waals surface area contributed by atoms with Gasteiger partial charge in [-0.1, -0.05) is 18.2 Å². The zero-order valence-electron chi connectivity index (χ0n) is 7.93. The van der Waals surface area contributed by atoms with Gasteiger partial charge in [-0.2, -0.15) is 0 Å². The Kier molecular flexibility index (Phi) is 3.94. The first-order valence-corrected chi connectivity index (χ1v) is 4.37. The van der Waals surface area contributed by atoms with Crippen LogP contribution in [0.2, 0.25) is 0 Å². The second-order valence-electron chi connectivity index (χ2n) is 2.93. The van der Waals surface area contributed by atoms with Crippen molar-refractivity contribution in [3.05, 3.63) is 30.3 Å². The van der Waals surface area contributed by atoms with E-state index in [0.29, 0.717) is 5.75 Å². The number of nitrogens with one attached hydrogen (secondary N) is 1. The van der Waals surface area contributed by atoms with Gasteiger partial charge in [-0.15, -0.1) is 0 Å². The van der Waals surface area contributed by atoms with Crippen LogP contribution >= 0.6 is 0 Å². The normalized spacial score (nSPS) is 11.9. The van der Waals surface area contributed by atoms with Crippen LogP contribution in [0.3, 0.4) is 0 Å². The highest BCUT2D eigenvalue weighted by molar-refractivity contribution is 5.70. The molecular formula is C10H13NO3. The van der Waals surface area contributed by atoms with E-state index in [9.17, 15) is 4.79 Å². The molecule has 0 fully saturated rings. The van der Waals surface area contributed by atoms with E-state index in [1.807, 2.05) is 6.07 Å². The highest BCUT2D eigenvalue weighted by Gasteiger charge is 2.04. The van der Waals surface area contributed by atoms with Crippen molar-refractivity contribution < 1.29 is 14.6 Å². The third-order valence-corrected chi connectivity index (χ3v) is 1.50. The van der Waals surface area contributed by atoms with Gasteiger partial charge in [0.25, 0.3) is 0 Å². The molecular weight excluding hydrogens is 182 g/mol. The summed E-state index contributed by atoms with van der Waals surface area (Å²) in [5, 5.41) is 11.3. The van der Waals surface area contributed by atoms with E-state index in [1.54, 1.807) is 31.2 Å². The molecule has 1 aromatic rings. The van der Waals surface area contributed by atoms with E-state index in [4.69, 9.17) is 9.84 Å². The summed E-state index contributed by atoms with van der Waals surface area (Å²) in [5.41, 5.74) is 0. The van der Waals surface area contributed by atoms with Gasteiger partial charge in [0.1, 0.15) is 5.75 Å². The van der Waals surface area contributed by atoms with Crippen LogP contribution in [0.25, 0.3) is 0 Å². The van der Waals surface area contributed by atoms with Crippen LogP contribution < -0.4 is 10.1 Å². The largest absolute Gasteiger partial charge is 0.412 e. The molecule has 0 aliphatic carbocycles. The average molecular weight is 195 g/mol. The van der Waals surface area contributed by atoms with Gasteiger partial charge in [0.05, 0.1) is 6.10 Å². The van der Waals surface area contributed by atoms with Crippen molar-refractivity contribution in [3.8, 4) is 5.75 Å². The molecule has 0 saturated heterocycles. The minimum atomic E-state index is -0.571. The summed E-state index contributed by atoms with van der Waals surface area (Å²) in [6.07, 6.45) is -1.13. The van der Waals surface area contributed by atoms with Gasteiger partial charge >= 0.3 is 6.09 Å². The Balaban J connectivity index is 2.35. The molecule has 1 atom stereocenters. The molecule has 0 aliphatic heterocycles. The standard InChI is InChI=1S/C10H13NO3/c1-8(12)7-11-10(13)14-9-5-3-2-4-6-9/h2-6,8,12H,7H2,1H3,(H,11,13)/t8-/m1/s1. The van der Waals surface area contributed by atoms with Gasteiger partial charge in [-0.3, -0.25) is 0 Å². The van der Waals surface area contributed by atoms with Gasteiger partial charge in [-0.25, -0.2) is 4.79 Å². The van der Waals surface area contributed by atoms with E-state index >= 15 is 0 Å². The summed E-state index contributed by atoms with van der Waals surface area (Å²) < 4.78 is 4.90. The van der Waals surface area contributed by atoms with Crippen molar-refractivity contribution in [1.29, 1.82) is 0 Å². The number of amides is 1. The van der Waals surface area contributed by atoms with Crippen molar-refractivity contribution >= 4 is 6.09 Å². The summed E-state index contributed by atoms with van der Waals surface area (Å²) in [5.74, 6) is 0.482. The monoisotopic (exact) mass is 195 g/mol. The van der Waals surface area contributed by atoms with Gasteiger partial charge in [0.15, 0.2) is 0 Å². The van der Waals surface area contributed by atoms with Crippen LogP contribution in [0, 0.1) is 0 Å². The number of benzene rings is 1. The molecule has 1 aromatic carbocycles. The molecule has 0 bridgehead atoms. The average Bonchev–Trinajstić information content (AvgIpc) is 2.16. The third-order valence-electron chi connectivity index (χ3n) is 1.50. The predicted molar refractivity (Wildman–Crippen MR) is 52.1 cm³/mol. The summed E-state index contributed by atoms with van der Waals surface area (Å²) >= 11 is 0. The fourth-order valence-corrected chi connectivity index (χ4v) is 0.863. The lowest BCUT2D eigenvalue weighted by Crippen LogP contribution is -2.32. The molecule has 0 heterocycles. The van der Waals surface area contributed by atoms with Crippen LogP contribution in [-0.4, -0.2) is 23.8 Å². The number of para-hydroxylation sites is 1. The molecule has 4 heteroatoms. The Morgan fingerprint density at radius 3 is 2.71 bits per heavy atom. The Morgan fingerprint density at radius 2 is 2.14 bits per heavy atom. The van der Waals surface area contributed by atoms with E-state index in [2.05, 4.69) is 5.32 Å². The number of aliphatic hydroxyl groups excluding tert-OH is 1. The highest BCUT2D eigenvalue weighted by Crippen LogP contribution is 2.07. The van der Waals surface area contributed by atoms with Crippen molar-refractivity contribution in [2.45, 2.75) is 13.0 Å². The second-order valence-corrected chi connectivity index (χ2v) is 2.93. The van der Waals surface area contributed by atoms with Gasteiger partial charge in [0.2, 0.25) is 0 Å². The van der Waals surface area contributed by atoms with E-state index in [0.717, 1.165) is 0 Å². The number of carbonyl (C=O) groups is 1. The molecule has 0 saturated carbocycles. The lowest BCUT2D eigenvalue weighted by Gasteiger charge is -2.07. The molecule has 14 heavy (non-hydrogen) atoms. The highest BCUT2D eigenvalue weighted by atomic mass is 16.6. The molecule has 2 N–H and O–H groups in total. The summed E-state index contributed by atoms with van der Waals surface area (Å²) in [4.78, 5) is 11.1. The van der Waals surface area contributed by atoms with Crippen LogP contribution in [0.1, 0.15) is 6.92 Å². The minimum Gasteiger partial charge on any atom is -0.410 e. The molecule has 0 radical (unpaired) electrons. The zero-order valence-corrected chi connectivity index (χ0v) is 7.93. The van der Waals surface area contributed by atoms with Gasteiger partial charge < -0.3 is 15.2 Å². The number of hydrogen-bond acceptors (Lipinski definition) is 3. The topological polar surface area (TPSA) is 58.6 Å².